The average Bonchev–Trinajstić information content (AvgIpc) is 3.54. The molecule has 0 bridgehead atoms. The van der Waals surface area contributed by atoms with E-state index in [0.717, 1.165) is 46.5 Å². The van der Waals surface area contributed by atoms with Crippen molar-refractivity contribution in [2.75, 3.05) is 25.0 Å². The predicted octanol–water partition coefficient (Wildman–Crippen LogP) is 6.74. The molecule has 3 aromatic heterocycles. The van der Waals surface area contributed by atoms with Crippen LogP contribution in [0, 0.1) is 12.8 Å². The maximum Gasteiger partial charge on any atom is 0.259 e. The van der Waals surface area contributed by atoms with Crippen LogP contribution in [0.1, 0.15) is 29.0 Å². The Morgan fingerprint density at radius 3 is 2.64 bits per heavy atom. The minimum Gasteiger partial charge on any atom is -0.370 e. The highest BCUT2D eigenvalue weighted by atomic mass is 79.9. The number of nitrogens with one attached hydrogen (secondary N) is 1. The van der Waals surface area contributed by atoms with Gasteiger partial charge in [-0.25, -0.2) is 4.98 Å². The number of hydrogen-bond acceptors (Lipinski definition) is 6. The Morgan fingerprint density at radius 1 is 1.13 bits per heavy atom. The summed E-state index contributed by atoms with van der Waals surface area (Å²) in [7, 11) is 0. The van der Waals surface area contributed by atoms with E-state index >= 15 is 0 Å². The molecule has 0 atom stereocenters. The molecule has 0 aliphatic carbocycles. The number of benzene rings is 2. The van der Waals surface area contributed by atoms with E-state index in [2.05, 4.69) is 31.5 Å². The van der Waals surface area contributed by atoms with E-state index in [4.69, 9.17) is 21.1 Å². The van der Waals surface area contributed by atoms with Gasteiger partial charge in [0.1, 0.15) is 22.8 Å². The summed E-state index contributed by atoms with van der Waals surface area (Å²) < 4.78 is 8.03. The zero-order valence-electron chi connectivity index (χ0n) is 21.3. The molecule has 5 aromatic rings. The lowest BCUT2D eigenvalue weighted by atomic mass is 9.95. The first kappa shape index (κ1) is 25.6. The molecule has 0 saturated carbocycles. The van der Waals surface area contributed by atoms with Crippen molar-refractivity contribution in [1.29, 1.82) is 0 Å². The van der Waals surface area contributed by atoms with E-state index in [1.807, 2.05) is 65.6 Å². The minimum atomic E-state index is -0.0272. The van der Waals surface area contributed by atoms with E-state index in [1.165, 1.54) is 0 Å². The molecule has 10 heteroatoms. The van der Waals surface area contributed by atoms with Crippen molar-refractivity contribution >= 4 is 44.9 Å². The van der Waals surface area contributed by atoms with Gasteiger partial charge in [-0.05, 0) is 47.7 Å². The van der Waals surface area contributed by atoms with Crippen LogP contribution in [0.4, 0.5) is 5.82 Å². The Kier molecular flexibility index (Phi) is 7.10. The first-order valence-electron chi connectivity index (χ1n) is 12.8. The summed E-state index contributed by atoms with van der Waals surface area (Å²) in [5.41, 5.74) is 4.38. The lowest BCUT2D eigenvalue weighted by Gasteiger charge is -2.32. The SMILES string of the molecule is Cc1onc(-c2ccccc2)c1C(=O)N1CCC(CNc2cc(-c3ccccc3Cl)nc3c(Br)cnn23)CC1. The number of anilines is 1. The molecule has 1 N–H and O–H groups in total. The Balaban J connectivity index is 1.15. The number of hydrogen-bond donors (Lipinski definition) is 1. The zero-order chi connectivity index (χ0) is 26.9. The van der Waals surface area contributed by atoms with Gasteiger partial charge in [-0.1, -0.05) is 65.3 Å². The average molecular weight is 606 g/mol. The van der Waals surface area contributed by atoms with Gasteiger partial charge < -0.3 is 14.7 Å². The van der Waals surface area contributed by atoms with Crippen molar-refractivity contribution in [1.82, 2.24) is 24.7 Å². The summed E-state index contributed by atoms with van der Waals surface area (Å²) in [5, 5.41) is 12.9. The number of amides is 1. The summed E-state index contributed by atoms with van der Waals surface area (Å²) >= 11 is 10.0. The van der Waals surface area contributed by atoms with E-state index in [1.54, 1.807) is 17.6 Å². The van der Waals surface area contributed by atoms with Crippen LogP contribution in [-0.4, -0.2) is 50.2 Å². The van der Waals surface area contributed by atoms with Gasteiger partial charge in [0, 0.05) is 41.9 Å². The van der Waals surface area contributed by atoms with Crippen LogP contribution in [0.15, 0.2) is 75.9 Å². The van der Waals surface area contributed by atoms with E-state index < -0.39 is 0 Å². The molecular weight excluding hydrogens is 580 g/mol. The molecule has 6 rings (SSSR count). The summed E-state index contributed by atoms with van der Waals surface area (Å²) in [6.07, 6.45) is 3.51. The quantitative estimate of drug-likeness (QED) is 0.231. The van der Waals surface area contributed by atoms with Gasteiger partial charge in [0.15, 0.2) is 5.65 Å². The van der Waals surface area contributed by atoms with Crippen molar-refractivity contribution < 1.29 is 9.32 Å². The molecule has 1 amide bonds. The summed E-state index contributed by atoms with van der Waals surface area (Å²) in [4.78, 5) is 20.2. The van der Waals surface area contributed by atoms with Crippen LogP contribution >= 0.6 is 27.5 Å². The number of fused-ring (bicyclic) bond motifs is 1. The molecule has 0 unspecified atom stereocenters. The van der Waals surface area contributed by atoms with Gasteiger partial charge in [0.2, 0.25) is 0 Å². The van der Waals surface area contributed by atoms with Crippen LogP contribution in [0.5, 0.6) is 0 Å². The molecule has 1 aliphatic rings. The second-order valence-corrected chi connectivity index (χ2v) is 10.9. The zero-order valence-corrected chi connectivity index (χ0v) is 23.6. The lowest BCUT2D eigenvalue weighted by Crippen LogP contribution is -2.40. The molecule has 39 heavy (non-hydrogen) atoms. The molecule has 2 aromatic carbocycles. The molecule has 0 radical (unpaired) electrons. The molecular formula is C29H26BrClN6O2. The van der Waals surface area contributed by atoms with Crippen LogP contribution in [0.2, 0.25) is 5.02 Å². The monoisotopic (exact) mass is 604 g/mol. The second kappa shape index (κ2) is 10.8. The van der Waals surface area contributed by atoms with Crippen LogP contribution in [-0.2, 0) is 0 Å². The molecule has 8 nitrogen and oxygen atoms in total. The normalized spacial score (nSPS) is 14.2. The van der Waals surface area contributed by atoms with E-state index in [9.17, 15) is 4.79 Å². The van der Waals surface area contributed by atoms with Gasteiger partial charge in [-0.3, -0.25) is 4.79 Å². The number of carbonyl (C=O) groups is 1. The lowest BCUT2D eigenvalue weighted by molar-refractivity contribution is 0.0694. The molecule has 1 aliphatic heterocycles. The number of carbonyl (C=O) groups excluding carboxylic acids is 1. The standard InChI is InChI=1S/C29H26BrClN6O2/c1-18-26(27(35-39-18)20-7-3-2-4-8-20)29(38)36-13-11-19(12-14-36)16-32-25-15-24(21-9-5-6-10-23(21)31)34-28-22(30)17-33-37(25)28/h2-10,15,17,19,32H,11-14,16H2,1H3. The maximum atomic E-state index is 13.5. The number of rotatable bonds is 6. The highest BCUT2D eigenvalue weighted by Crippen LogP contribution is 2.31. The van der Waals surface area contributed by atoms with E-state index in [0.29, 0.717) is 46.7 Å². The number of piperidine rings is 1. The molecule has 1 fully saturated rings. The maximum absolute atomic E-state index is 13.5. The Bertz CT molecular complexity index is 1640. The van der Waals surface area contributed by atoms with Crippen LogP contribution in [0.25, 0.3) is 28.2 Å². The molecule has 4 heterocycles. The summed E-state index contributed by atoms with van der Waals surface area (Å²) in [6.45, 7) is 3.90. The number of likely N-dealkylation sites (tertiary alicyclic amines) is 1. The van der Waals surface area contributed by atoms with Crippen molar-refractivity contribution in [2.45, 2.75) is 19.8 Å². The van der Waals surface area contributed by atoms with E-state index in [-0.39, 0.29) is 5.91 Å². The van der Waals surface area contributed by atoms with Gasteiger partial charge in [-0.2, -0.15) is 9.61 Å². The molecule has 0 spiro atoms. The summed E-state index contributed by atoms with van der Waals surface area (Å²) in [6, 6.07) is 19.3. The number of aryl methyl sites for hydroxylation is 1. The highest BCUT2D eigenvalue weighted by Gasteiger charge is 2.29. The topological polar surface area (TPSA) is 88.6 Å². The first-order valence-corrected chi connectivity index (χ1v) is 14.0. The smallest absolute Gasteiger partial charge is 0.259 e. The van der Waals surface area contributed by atoms with Crippen molar-refractivity contribution in [2.24, 2.45) is 5.92 Å². The Morgan fingerprint density at radius 2 is 1.87 bits per heavy atom. The highest BCUT2D eigenvalue weighted by molar-refractivity contribution is 9.10. The first-order chi connectivity index (χ1) is 19.0. The van der Waals surface area contributed by atoms with Crippen molar-refractivity contribution in [3.05, 3.63) is 87.7 Å². The number of nitrogens with zero attached hydrogens (tertiary/aromatic N) is 5. The third-order valence-electron chi connectivity index (χ3n) is 7.18. The minimum absolute atomic E-state index is 0.0272. The van der Waals surface area contributed by atoms with Gasteiger partial charge >= 0.3 is 0 Å². The fourth-order valence-electron chi connectivity index (χ4n) is 5.03. The fraction of sp³-hybridized carbons (Fsp3) is 0.241. The Labute approximate surface area is 239 Å². The third kappa shape index (κ3) is 5.04. The number of halogens is 2. The Hall–Kier alpha value is -3.69. The van der Waals surface area contributed by atoms with Crippen LogP contribution < -0.4 is 5.32 Å². The largest absolute Gasteiger partial charge is 0.370 e. The summed E-state index contributed by atoms with van der Waals surface area (Å²) in [5.74, 6) is 1.76. The number of aromatic nitrogens is 4. The van der Waals surface area contributed by atoms with Crippen LogP contribution in [0.3, 0.4) is 0 Å². The third-order valence-corrected chi connectivity index (χ3v) is 8.06. The molecule has 1 saturated heterocycles. The fourth-order valence-corrected chi connectivity index (χ4v) is 5.61. The van der Waals surface area contributed by atoms with Gasteiger partial charge in [-0.15, -0.1) is 0 Å². The van der Waals surface area contributed by atoms with Crippen molar-refractivity contribution in [3.63, 3.8) is 0 Å². The molecule has 198 valence electrons. The second-order valence-electron chi connectivity index (χ2n) is 9.68. The van der Waals surface area contributed by atoms with Crippen molar-refractivity contribution in [3.8, 4) is 22.5 Å². The van der Waals surface area contributed by atoms with Gasteiger partial charge in [0.05, 0.1) is 16.4 Å². The van der Waals surface area contributed by atoms with Gasteiger partial charge in [0.25, 0.3) is 5.91 Å². The predicted molar refractivity (Wildman–Crippen MR) is 155 cm³/mol.